The lowest BCUT2D eigenvalue weighted by Crippen LogP contribution is -2.13. The van der Waals surface area contributed by atoms with E-state index in [9.17, 15) is 4.79 Å². The maximum absolute atomic E-state index is 12.0. The first kappa shape index (κ1) is 19.5. The number of rotatable bonds is 8. The number of carbonyl (C=O) groups excluding carboxylic acids is 1. The molecule has 0 aliphatic rings. The number of hydrogen-bond acceptors (Lipinski definition) is 7. The van der Waals surface area contributed by atoms with Crippen molar-refractivity contribution in [2.24, 2.45) is 0 Å². The minimum atomic E-state index is -0.143. The van der Waals surface area contributed by atoms with Crippen LogP contribution in [0.5, 0.6) is 11.5 Å². The minimum absolute atomic E-state index is 0.143. The van der Waals surface area contributed by atoms with Gasteiger partial charge in [-0.1, -0.05) is 11.8 Å². The SMILES string of the molecule is COc1ccc(OCc2nnc(SCC(=O)Nc3ccc(I)cc3)o2)cc1. The van der Waals surface area contributed by atoms with E-state index in [1.807, 2.05) is 24.3 Å². The zero-order valence-electron chi connectivity index (χ0n) is 14.3. The van der Waals surface area contributed by atoms with Crippen molar-refractivity contribution in [3.05, 3.63) is 58.0 Å². The third kappa shape index (κ3) is 6.14. The smallest absolute Gasteiger partial charge is 0.277 e. The van der Waals surface area contributed by atoms with E-state index in [1.165, 1.54) is 11.8 Å². The topological polar surface area (TPSA) is 86.5 Å². The Morgan fingerprint density at radius 2 is 1.81 bits per heavy atom. The third-order valence-electron chi connectivity index (χ3n) is 3.32. The van der Waals surface area contributed by atoms with Gasteiger partial charge in [-0.25, -0.2) is 0 Å². The number of ether oxygens (including phenoxy) is 2. The van der Waals surface area contributed by atoms with Crippen molar-refractivity contribution in [1.29, 1.82) is 0 Å². The molecule has 3 aromatic rings. The second-order valence-electron chi connectivity index (χ2n) is 5.27. The number of methoxy groups -OCH3 is 1. The van der Waals surface area contributed by atoms with Crippen LogP contribution in [0, 0.1) is 3.57 Å². The zero-order valence-corrected chi connectivity index (χ0v) is 17.3. The van der Waals surface area contributed by atoms with Crippen LogP contribution in [0.25, 0.3) is 0 Å². The van der Waals surface area contributed by atoms with Crippen molar-refractivity contribution in [3.63, 3.8) is 0 Å². The lowest BCUT2D eigenvalue weighted by molar-refractivity contribution is -0.113. The van der Waals surface area contributed by atoms with E-state index in [4.69, 9.17) is 13.9 Å². The fourth-order valence-corrected chi connectivity index (χ4v) is 2.97. The van der Waals surface area contributed by atoms with Gasteiger partial charge in [0.25, 0.3) is 11.1 Å². The van der Waals surface area contributed by atoms with Crippen LogP contribution < -0.4 is 14.8 Å². The zero-order chi connectivity index (χ0) is 19.1. The molecule has 9 heteroatoms. The molecule has 0 bridgehead atoms. The summed E-state index contributed by atoms with van der Waals surface area (Å²) in [4.78, 5) is 12.0. The summed E-state index contributed by atoms with van der Waals surface area (Å²) in [6.07, 6.45) is 0. The summed E-state index contributed by atoms with van der Waals surface area (Å²) >= 11 is 3.38. The Morgan fingerprint density at radius 3 is 2.52 bits per heavy atom. The number of hydrogen-bond donors (Lipinski definition) is 1. The number of aromatic nitrogens is 2. The van der Waals surface area contributed by atoms with Gasteiger partial charge >= 0.3 is 0 Å². The van der Waals surface area contributed by atoms with Crippen LogP contribution in [0.1, 0.15) is 5.89 Å². The molecule has 140 valence electrons. The lowest BCUT2D eigenvalue weighted by atomic mass is 10.3. The van der Waals surface area contributed by atoms with E-state index in [0.29, 0.717) is 16.9 Å². The van der Waals surface area contributed by atoms with Crippen LogP contribution in [0.3, 0.4) is 0 Å². The van der Waals surface area contributed by atoms with Gasteiger partial charge < -0.3 is 19.2 Å². The second-order valence-corrected chi connectivity index (χ2v) is 7.44. The largest absolute Gasteiger partial charge is 0.497 e. The van der Waals surface area contributed by atoms with Gasteiger partial charge in [-0.15, -0.1) is 10.2 Å². The Kier molecular flexibility index (Phi) is 6.93. The fourth-order valence-electron chi connectivity index (χ4n) is 2.03. The van der Waals surface area contributed by atoms with Crippen LogP contribution in [0.4, 0.5) is 5.69 Å². The summed E-state index contributed by atoms with van der Waals surface area (Å²) in [6, 6.07) is 14.7. The Labute approximate surface area is 174 Å². The monoisotopic (exact) mass is 497 g/mol. The molecule has 0 fully saturated rings. The van der Waals surface area contributed by atoms with E-state index in [-0.39, 0.29) is 18.3 Å². The number of halogens is 1. The molecule has 0 aliphatic carbocycles. The lowest BCUT2D eigenvalue weighted by Gasteiger charge is -2.04. The summed E-state index contributed by atoms with van der Waals surface area (Å²) in [5.41, 5.74) is 0.750. The Bertz CT molecular complexity index is 884. The van der Waals surface area contributed by atoms with E-state index < -0.39 is 0 Å². The molecule has 1 aromatic heterocycles. The Balaban J connectivity index is 1.44. The van der Waals surface area contributed by atoms with Crippen molar-refractivity contribution in [1.82, 2.24) is 10.2 Å². The number of benzene rings is 2. The highest BCUT2D eigenvalue weighted by atomic mass is 127. The Morgan fingerprint density at radius 1 is 1.11 bits per heavy atom. The summed E-state index contributed by atoms with van der Waals surface area (Å²) in [6.45, 7) is 0.148. The van der Waals surface area contributed by atoms with Crippen molar-refractivity contribution in [2.75, 3.05) is 18.2 Å². The number of nitrogens with zero attached hydrogens (tertiary/aromatic N) is 2. The standard InChI is InChI=1S/C18H16IN3O4S/c1-24-14-6-8-15(9-7-14)25-10-17-21-22-18(26-17)27-11-16(23)20-13-4-2-12(19)3-5-13/h2-9H,10-11H2,1H3,(H,20,23). The highest BCUT2D eigenvalue weighted by Gasteiger charge is 2.10. The van der Waals surface area contributed by atoms with E-state index in [2.05, 4.69) is 38.1 Å². The Hall–Kier alpha value is -2.27. The van der Waals surface area contributed by atoms with Crippen molar-refractivity contribution in [2.45, 2.75) is 11.8 Å². The molecular formula is C18H16IN3O4S. The van der Waals surface area contributed by atoms with Gasteiger partial charge in [0, 0.05) is 9.26 Å². The summed E-state index contributed by atoms with van der Waals surface area (Å²) in [5, 5.41) is 11.0. The minimum Gasteiger partial charge on any atom is -0.497 e. The van der Waals surface area contributed by atoms with Crippen molar-refractivity contribution >= 4 is 45.9 Å². The van der Waals surface area contributed by atoms with Crippen LogP contribution in [0.2, 0.25) is 0 Å². The van der Waals surface area contributed by atoms with Gasteiger partial charge in [-0.05, 0) is 71.1 Å². The maximum atomic E-state index is 12.0. The molecule has 3 rings (SSSR count). The molecule has 0 aliphatic heterocycles. The molecule has 0 spiro atoms. The molecule has 0 atom stereocenters. The number of carbonyl (C=O) groups is 1. The predicted molar refractivity (Wildman–Crippen MR) is 110 cm³/mol. The number of thioether (sulfide) groups is 1. The second kappa shape index (κ2) is 9.60. The van der Waals surface area contributed by atoms with E-state index in [0.717, 1.165) is 15.0 Å². The third-order valence-corrected chi connectivity index (χ3v) is 4.86. The number of nitrogens with one attached hydrogen (secondary N) is 1. The summed E-state index contributed by atoms with van der Waals surface area (Å²) < 4.78 is 17.3. The quantitative estimate of drug-likeness (QED) is 0.372. The van der Waals surface area contributed by atoms with Gasteiger partial charge in [0.05, 0.1) is 12.9 Å². The van der Waals surface area contributed by atoms with Crippen LogP contribution in [0.15, 0.2) is 58.2 Å². The predicted octanol–water partition coefficient (Wildman–Crippen LogP) is 3.99. The van der Waals surface area contributed by atoms with Crippen molar-refractivity contribution < 1.29 is 18.7 Å². The van der Waals surface area contributed by atoms with E-state index in [1.54, 1.807) is 31.4 Å². The maximum Gasteiger partial charge on any atom is 0.277 e. The van der Waals surface area contributed by atoms with Gasteiger partial charge in [0.2, 0.25) is 5.91 Å². The van der Waals surface area contributed by atoms with Crippen molar-refractivity contribution in [3.8, 4) is 11.5 Å². The van der Waals surface area contributed by atoms with Gasteiger partial charge in [-0.2, -0.15) is 0 Å². The highest BCUT2D eigenvalue weighted by Crippen LogP contribution is 2.20. The molecule has 1 N–H and O–H groups in total. The average molecular weight is 497 g/mol. The molecule has 0 saturated heterocycles. The van der Waals surface area contributed by atoms with Gasteiger partial charge in [-0.3, -0.25) is 4.79 Å². The molecular weight excluding hydrogens is 481 g/mol. The first-order valence-electron chi connectivity index (χ1n) is 7.90. The normalized spacial score (nSPS) is 10.4. The first-order valence-corrected chi connectivity index (χ1v) is 9.96. The van der Waals surface area contributed by atoms with Gasteiger partial charge in [0.1, 0.15) is 11.5 Å². The molecule has 0 radical (unpaired) electrons. The number of anilines is 1. The fraction of sp³-hybridized carbons (Fsp3) is 0.167. The van der Waals surface area contributed by atoms with Crippen LogP contribution >= 0.6 is 34.4 Å². The average Bonchev–Trinajstić information content (AvgIpc) is 3.15. The first-order chi connectivity index (χ1) is 13.1. The highest BCUT2D eigenvalue weighted by molar-refractivity contribution is 14.1. The molecule has 1 heterocycles. The molecule has 1 amide bonds. The summed E-state index contributed by atoms with van der Waals surface area (Å²) in [5.74, 6) is 1.79. The molecule has 0 saturated carbocycles. The molecule has 0 unspecified atom stereocenters. The molecule has 2 aromatic carbocycles. The van der Waals surface area contributed by atoms with Crippen LogP contribution in [-0.4, -0.2) is 29.0 Å². The van der Waals surface area contributed by atoms with Gasteiger partial charge in [0.15, 0.2) is 6.61 Å². The molecule has 27 heavy (non-hydrogen) atoms. The summed E-state index contributed by atoms with van der Waals surface area (Å²) in [7, 11) is 1.61. The van der Waals surface area contributed by atoms with Crippen LogP contribution in [-0.2, 0) is 11.4 Å². The number of amides is 1. The molecule has 7 nitrogen and oxygen atoms in total. The van der Waals surface area contributed by atoms with E-state index >= 15 is 0 Å².